The molecule has 1 aliphatic rings. The van der Waals surface area contributed by atoms with Gasteiger partial charge in [-0.05, 0) is 79.9 Å². The minimum absolute atomic E-state index is 0.00765. The number of nitrogens with one attached hydrogen (secondary N) is 2. The molecule has 2 N–H and O–H groups in total. The minimum Gasteiger partial charge on any atom is -0.322 e. The highest BCUT2D eigenvalue weighted by Gasteiger charge is 2.28. The van der Waals surface area contributed by atoms with Gasteiger partial charge in [0.25, 0.3) is 15.9 Å². The Morgan fingerprint density at radius 1 is 0.861 bits per heavy atom. The van der Waals surface area contributed by atoms with E-state index in [1.54, 1.807) is 19.1 Å². The van der Waals surface area contributed by atoms with E-state index >= 15 is 0 Å². The first-order valence-corrected chi connectivity index (χ1v) is 14.7. The van der Waals surface area contributed by atoms with Crippen molar-refractivity contribution < 1.29 is 21.6 Å². The van der Waals surface area contributed by atoms with E-state index in [0.29, 0.717) is 35.1 Å². The topological polar surface area (TPSA) is 113 Å². The van der Waals surface area contributed by atoms with Crippen molar-refractivity contribution in [3.63, 3.8) is 0 Å². The van der Waals surface area contributed by atoms with Crippen molar-refractivity contribution in [1.82, 2.24) is 4.31 Å². The molecule has 0 saturated carbocycles. The smallest absolute Gasteiger partial charge is 0.261 e. The van der Waals surface area contributed by atoms with E-state index in [0.717, 1.165) is 12.8 Å². The fourth-order valence-electron chi connectivity index (χ4n) is 3.74. The Hall–Kier alpha value is -2.63. The Kier molecular flexibility index (Phi) is 7.63. The molecule has 4 rings (SSSR count). The number of benzene rings is 3. The number of hydrogen-bond acceptors (Lipinski definition) is 5. The Labute approximate surface area is 220 Å². The molecule has 36 heavy (non-hydrogen) atoms. The summed E-state index contributed by atoms with van der Waals surface area (Å²) in [5.74, 6) is -0.623. The van der Waals surface area contributed by atoms with Gasteiger partial charge in [-0.2, -0.15) is 4.31 Å². The van der Waals surface area contributed by atoms with Crippen molar-refractivity contribution in [2.75, 3.05) is 23.1 Å². The van der Waals surface area contributed by atoms with Crippen LogP contribution in [0.2, 0.25) is 10.0 Å². The van der Waals surface area contributed by atoms with E-state index < -0.39 is 26.0 Å². The van der Waals surface area contributed by atoms with E-state index in [4.69, 9.17) is 23.2 Å². The van der Waals surface area contributed by atoms with E-state index in [9.17, 15) is 21.6 Å². The van der Waals surface area contributed by atoms with Crippen LogP contribution in [-0.2, 0) is 20.0 Å². The highest BCUT2D eigenvalue weighted by molar-refractivity contribution is 7.92. The van der Waals surface area contributed by atoms with Crippen LogP contribution in [-0.4, -0.2) is 40.1 Å². The molecule has 1 saturated heterocycles. The monoisotopic (exact) mass is 567 g/mol. The maximum absolute atomic E-state index is 12.9. The number of hydrogen-bond donors (Lipinski definition) is 2. The summed E-state index contributed by atoms with van der Waals surface area (Å²) in [5.41, 5.74) is 1.37. The fraction of sp³-hybridized carbons (Fsp3) is 0.208. The SMILES string of the molecule is Cc1ccc(Cl)cc1NS(=O)(=O)c1ccc(NC(=O)c2cc(S(=O)(=O)N3CCCC3)ccc2Cl)cc1. The number of carbonyl (C=O) groups is 1. The summed E-state index contributed by atoms with van der Waals surface area (Å²) in [5, 5.41) is 3.11. The van der Waals surface area contributed by atoms with Gasteiger partial charge < -0.3 is 5.32 Å². The van der Waals surface area contributed by atoms with E-state index in [1.165, 1.54) is 52.8 Å². The van der Waals surface area contributed by atoms with Crippen LogP contribution in [0.4, 0.5) is 11.4 Å². The second-order valence-corrected chi connectivity index (χ2v) is 12.8. The molecule has 0 aromatic heterocycles. The summed E-state index contributed by atoms with van der Waals surface area (Å²) in [6.45, 7) is 2.63. The molecular formula is C24H23Cl2N3O5S2. The molecule has 0 atom stereocenters. The van der Waals surface area contributed by atoms with E-state index in [2.05, 4.69) is 10.0 Å². The van der Waals surface area contributed by atoms with Crippen LogP contribution in [0.3, 0.4) is 0 Å². The number of anilines is 2. The average molecular weight is 569 g/mol. The summed E-state index contributed by atoms with van der Waals surface area (Å²) in [7, 11) is -7.63. The predicted molar refractivity (Wildman–Crippen MR) is 141 cm³/mol. The molecule has 0 unspecified atom stereocenters. The van der Waals surface area contributed by atoms with Gasteiger partial charge in [0.1, 0.15) is 0 Å². The van der Waals surface area contributed by atoms with Crippen LogP contribution in [0.5, 0.6) is 0 Å². The molecule has 0 bridgehead atoms. The zero-order valence-electron chi connectivity index (χ0n) is 19.2. The van der Waals surface area contributed by atoms with Crippen LogP contribution in [0, 0.1) is 6.92 Å². The van der Waals surface area contributed by atoms with Crippen LogP contribution >= 0.6 is 23.2 Å². The normalized spacial score (nSPS) is 14.5. The van der Waals surface area contributed by atoms with Gasteiger partial charge in [-0.15, -0.1) is 0 Å². The highest BCUT2D eigenvalue weighted by Crippen LogP contribution is 2.27. The molecule has 1 amide bonds. The molecule has 1 heterocycles. The van der Waals surface area contributed by atoms with Gasteiger partial charge in [0.2, 0.25) is 10.0 Å². The molecule has 8 nitrogen and oxygen atoms in total. The summed E-state index contributed by atoms with van der Waals surface area (Å²) < 4.78 is 55.2. The third kappa shape index (κ3) is 5.68. The molecular weight excluding hydrogens is 545 g/mol. The Morgan fingerprint density at radius 3 is 2.17 bits per heavy atom. The van der Waals surface area contributed by atoms with E-state index in [1.807, 2.05) is 0 Å². The second-order valence-electron chi connectivity index (χ2n) is 8.30. The first kappa shape index (κ1) is 26.4. The van der Waals surface area contributed by atoms with Crippen LogP contribution in [0.1, 0.15) is 28.8 Å². The molecule has 12 heteroatoms. The lowest BCUT2D eigenvalue weighted by Gasteiger charge is -2.16. The number of nitrogens with zero attached hydrogens (tertiary/aromatic N) is 1. The van der Waals surface area contributed by atoms with Crippen molar-refractivity contribution in [3.8, 4) is 0 Å². The zero-order valence-corrected chi connectivity index (χ0v) is 22.3. The third-order valence-electron chi connectivity index (χ3n) is 5.75. The summed E-state index contributed by atoms with van der Waals surface area (Å²) in [6.07, 6.45) is 1.58. The zero-order chi connectivity index (χ0) is 26.1. The fourth-order valence-corrected chi connectivity index (χ4v) is 6.78. The molecule has 190 valence electrons. The number of sulfonamides is 2. The van der Waals surface area contributed by atoms with Crippen LogP contribution < -0.4 is 10.0 Å². The quantitative estimate of drug-likeness (QED) is 0.410. The van der Waals surface area contributed by atoms with Gasteiger partial charge in [0, 0.05) is 23.8 Å². The highest BCUT2D eigenvalue weighted by atomic mass is 35.5. The molecule has 0 spiro atoms. The number of halogens is 2. The molecule has 0 radical (unpaired) electrons. The molecule has 1 fully saturated rings. The van der Waals surface area contributed by atoms with Crippen molar-refractivity contribution in [2.24, 2.45) is 0 Å². The standard InChI is InChI=1S/C24H23Cl2N3O5S2/c1-16-4-5-17(25)14-23(16)28-35(31,32)19-8-6-18(7-9-19)27-24(30)21-15-20(10-11-22(21)26)36(33,34)29-12-2-3-13-29/h4-11,14-15,28H,2-3,12-13H2,1H3,(H,27,30). The number of rotatable bonds is 7. The van der Waals surface area contributed by atoms with Gasteiger partial charge in [-0.25, -0.2) is 16.8 Å². The largest absolute Gasteiger partial charge is 0.322 e. The Bertz CT molecular complexity index is 1520. The first-order chi connectivity index (χ1) is 17.0. The van der Waals surface area contributed by atoms with Crippen molar-refractivity contribution >= 4 is 60.5 Å². The maximum atomic E-state index is 12.9. The number of aryl methyl sites for hydroxylation is 1. The van der Waals surface area contributed by atoms with Crippen molar-refractivity contribution in [2.45, 2.75) is 29.6 Å². The number of amides is 1. The van der Waals surface area contributed by atoms with Crippen molar-refractivity contribution in [1.29, 1.82) is 0 Å². The minimum atomic E-state index is -3.90. The number of carbonyl (C=O) groups excluding carboxylic acids is 1. The van der Waals surface area contributed by atoms with Gasteiger partial charge in [0.15, 0.2) is 0 Å². The van der Waals surface area contributed by atoms with Gasteiger partial charge in [-0.3, -0.25) is 9.52 Å². The van der Waals surface area contributed by atoms with Gasteiger partial charge >= 0.3 is 0 Å². The average Bonchev–Trinajstić information content (AvgIpc) is 3.38. The van der Waals surface area contributed by atoms with E-state index in [-0.39, 0.29) is 20.4 Å². The summed E-state index contributed by atoms with van der Waals surface area (Å²) in [6, 6.07) is 14.4. The third-order valence-corrected chi connectivity index (χ3v) is 9.59. The molecule has 3 aromatic rings. The molecule has 1 aliphatic heterocycles. The summed E-state index contributed by atoms with van der Waals surface area (Å²) in [4.78, 5) is 12.9. The van der Waals surface area contributed by atoms with Crippen molar-refractivity contribution in [3.05, 3.63) is 81.8 Å². The van der Waals surface area contributed by atoms with Gasteiger partial charge in [0.05, 0.1) is 26.1 Å². The van der Waals surface area contributed by atoms with Crippen LogP contribution in [0.25, 0.3) is 0 Å². The molecule has 0 aliphatic carbocycles. The van der Waals surface area contributed by atoms with Gasteiger partial charge in [-0.1, -0.05) is 29.3 Å². The lowest BCUT2D eigenvalue weighted by atomic mass is 10.2. The summed E-state index contributed by atoms with van der Waals surface area (Å²) >= 11 is 12.2. The lowest BCUT2D eigenvalue weighted by molar-refractivity contribution is 0.102. The molecule has 3 aromatic carbocycles. The maximum Gasteiger partial charge on any atom is 0.261 e. The first-order valence-electron chi connectivity index (χ1n) is 11.0. The predicted octanol–water partition coefficient (Wildman–Crippen LogP) is 5.14. The second kappa shape index (κ2) is 10.4. The van der Waals surface area contributed by atoms with Crippen LogP contribution in [0.15, 0.2) is 70.5 Å². The Balaban J connectivity index is 1.51. The lowest BCUT2D eigenvalue weighted by Crippen LogP contribution is -2.28. The Morgan fingerprint density at radius 2 is 1.50 bits per heavy atom.